The molecule has 0 saturated carbocycles. The summed E-state index contributed by atoms with van der Waals surface area (Å²) in [5.74, 6) is -3.14. The normalized spacial score (nSPS) is 34.5. The number of aliphatic hydroxyl groups is 2. The molecule has 0 aromatic heterocycles. The van der Waals surface area contributed by atoms with Crippen molar-refractivity contribution in [3.63, 3.8) is 0 Å². The van der Waals surface area contributed by atoms with Crippen molar-refractivity contribution in [1.82, 2.24) is 4.90 Å². The molecule has 0 amide bonds. The summed E-state index contributed by atoms with van der Waals surface area (Å²) >= 11 is 0. The molecular weight excluding hydrogens is 581 g/mol. The van der Waals surface area contributed by atoms with Gasteiger partial charge in [0.05, 0.1) is 24.4 Å². The van der Waals surface area contributed by atoms with Crippen LogP contribution < -0.4 is 0 Å². The SMILES string of the molecule is CO[C@H]1OCCN2[C@@H]1O[C@@H]1[C@H](C)O[C@@H](O[C@H]3C[C@](O)(C(=O)CO)Cc4c(O)c5c(c(O)c43)Cc3c(F)cccc3C5=O)C[C@@H]12. The Hall–Kier alpha value is -3.01. The predicted molar refractivity (Wildman–Crippen MR) is 146 cm³/mol. The summed E-state index contributed by atoms with van der Waals surface area (Å²) in [5.41, 5.74) is -2.21. The van der Waals surface area contributed by atoms with Crippen LogP contribution >= 0.6 is 0 Å². The molecule has 13 heteroatoms. The number of phenols is 2. The summed E-state index contributed by atoms with van der Waals surface area (Å²) in [7, 11) is 1.54. The third kappa shape index (κ3) is 4.41. The minimum absolute atomic E-state index is 0.0281. The van der Waals surface area contributed by atoms with Gasteiger partial charge in [-0.2, -0.15) is 0 Å². The van der Waals surface area contributed by atoms with Gasteiger partial charge in [-0.15, -0.1) is 0 Å². The van der Waals surface area contributed by atoms with Crippen LogP contribution in [0.15, 0.2) is 18.2 Å². The number of ether oxygens (including phenoxy) is 5. The second-order valence-electron chi connectivity index (χ2n) is 12.1. The fraction of sp³-hybridized carbons (Fsp3) is 0.548. The van der Waals surface area contributed by atoms with Crippen molar-refractivity contribution in [2.24, 2.45) is 0 Å². The van der Waals surface area contributed by atoms with Crippen LogP contribution in [0.2, 0.25) is 0 Å². The zero-order valence-corrected chi connectivity index (χ0v) is 24.2. The summed E-state index contributed by atoms with van der Waals surface area (Å²) in [5, 5.41) is 44.3. The number of aromatic hydroxyl groups is 2. The molecule has 236 valence electrons. The number of fused-ring (bicyclic) bond motifs is 6. The summed E-state index contributed by atoms with van der Waals surface area (Å²) in [6, 6.07) is 3.90. The lowest BCUT2D eigenvalue weighted by molar-refractivity contribution is -0.256. The Labute approximate surface area is 251 Å². The van der Waals surface area contributed by atoms with Crippen molar-refractivity contribution >= 4 is 11.6 Å². The van der Waals surface area contributed by atoms with Gasteiger partial charge < -0.3 is 44.1 Å². The smallest absolute Gasteiger partial charge is 0.197 e. The number of benzene rings is 2. The minimum Gasteiger partial charge on any atom is -0.507 e. The Morgan fingerprint density at radius 1 is 1.18 bits per heavy atom. The highest BCUT2D eigenvalue weighted by atomic mass is 19.1. The Morgan fingerprint density at radius 2 is 1.98 bits per heavy atom. The highest BCUT2D eigenvalue weighted by molar-refractivity contribution is 6.15. The number of ketones is 2. The number of hydrogen-bond acceptors (Lipinski definition) is 12. The van der Waals surface area contributed by atoms with Crippen LogP contribution in [0.3, 0.4) is 0 Å². The first-order valence-corrected chi connectivity index (χ1v) is 14.7. The molecule has 2 aromatic rings. The molecule has 3 saturated heterocycles. The van der Waals surface area contributed by atoms with E-state index >= 15 is 0 Å². The van der Waals surface area contributed by atoms with E-state index in [4.69, 9.17) is 23.7 Å². The van der Waals surface area contributed by atoms with E-state index in [1.54, 1.807) is 7.11 Å². The summed E-state index contributed by atoms with van der Waals surface area (Å²) in [6.45, 7) is 1.90. The molecule has 0 bridgehead atoms. The number of aliphatic hydroxyl groups excluding tert-OH is 1. The van der Waals surface area contributed by atoms with Gasteiger partial charge >= 0.3 is 0 Å². The molecule has 2 aromatic carbocycles. The third-order valence-electron chi connectivity index (χ3n) is 9.72. The second kappa shape index (κ2) is 10.8. The number of phenolic OH excluding ortho intramolecular Hbond substituents is 2. The van der Waals surface area contributed by atoms with Crippen molar-refractivity contribution < 1.29 is 58.1 Å². The summed E-state index contributed by atoms with van der Waals surface area (Å²) < 4.78 is 44.8. The number of carbonyl (C=O) groups is 2. The Morgan fingerprint density at radius 3 is 2.73 bits per heavy atom. The van der Waals surface area contributed by atoms with Crippen LogP contribution in [0, 0.1) is 5.82 Å². The van der Waals surface area contributed by atoms with Crippen molar-refractivity contribution in [3.05, 3.63) is 57.4 Å². The zero-order valence-electron chi connectivity index (χ0n) is 24.2. The van der Waals surface area contributed by atoms with Crippen molar-refractivity contribution in [2.75, 3.05) is 26.9 Å². The van der Waals surface area contributed by atoms with Crippen molar-refractivity contribution in [1.29, 1.82) is 0 Å². The van der Waals surface area contributed by atoms with Crippen LogP contribution in [-0.2, 0) is 41.3 Å². The Kier molecular flexibility index (Phi) is 7.29. The number of carbonyl (C=O) groups excluding carboxylic acids is 2. The Bertz CT molecular complexity index is 1530. The molecule has 3 heterocycles. The lowest BCUT2D eigenvalue weighted by Gasteiger charge is -2.43. The zero-order chi connectivity index (χ0) is 31.1. The molecule has 3 fully saturated rings. The third-order valence-corrected chi connectivity index (χ3v) is 9.72. The van der Waals surface area contributed by atoms with E-state index in [1.807, 2.05) is 6.92 Å². The van der Waals surface area contributed by atoms with E-state index in [1.165, 1.54) is 18.2 Å². The number of morpholine rings is 1. The van der Waals surface area contributed by atoms with Gasteiger partial charge in [-0.3, -0.25) is 14.5 Å². The maximum atomic E-state index is 14.8. The van der Waals surface area contributed by atoms with E-state index in [9.17, 15) is 34.4 Å². The highest BCUT2D eigenvalue weighted by Gasteiger charge is 2.55. The molecule has 44 heavy (non-hydrogen) atoms. The summed E-state index contributed by atoms with van der Waals surface area (Å²) in [6.07, 6.45) is -4.54. The maximum Gasteiger partial charge on any atom is 0.197 e. The van der Waals surface area contributed by atoms with Gasteiger partial charge in [0, 0.05) is 73.2 Å². The van der Waals surface area contributed by atoms with Gasteiger partial charge in [0.1, 0.15) is 35.6 Å². The molecule has 5 aliphatic rings. The number of rotatable bonds is 5. The average molecular weight is 616 g/mol. The lowest BCUT2D eigenvalue weighted by Crippen LogP contribution is -2.55. The van der Waals surface area contributed by atoms with E-state index in [0.717, 1.165) is 0 Å². The molecule has 12 nitrogen and oxygen atoms in total. The van der Waals surface area contributed by atoms with E-state index in [-0.39, 0.29) is 64.1 Å². The van der Waals surface area contributed by atoms with Crippen LogP contribution in [0.1, 0.15) is 64.0 Å². The van der Waals surface area contributed by atoms with E-state index < -0.39 is 72.8 Å². The molecule has 0 radical (unpaired) electrons. The monoisotopic (exact) mass is 615 g/mol. The van der Waals surface area contributed by atoms with Crippen LogP contribution in [0.5, 0.6) is 11.5 Å². The number of Topliss-reactive ketones (excluding diaryl/α,β-unsaturated/α-hetero) is 1. The van der Waals surface area contributed by atoms with E-state index in [0.29, 0.717) is 19.6 Å². The van der Waals surface area contributed by atoms with Gasteiger partial charge in [-0.1, -0.05) is 12.1 Å². The van der Waals surface area contributed by atoms with Crippen LogP contribution in [0.25, 0.3) is 0 Å². The molecule has 7 rings (SSSR count). The standard InChI is InChI=1S/C31H34FNO11/c1-13-28-19(33-6-7-41-30(40-2)29(33)44-28)9-22(42-13)43-20-11-31(39,21(35)12-34)10-17-23(20)26(37)16-8-15-14(4-3-5-18(15)32)25(36)24(16)27(17)38/h3-5,13,19-20,22,28-30,34,37-39H,6-12H2,1-2H3/t13-,19-,20-,22-,28+,29+,30-,31-/m0/s1. The lowest BCUT2D eigenvalue weighted by atomic mass is 9.72. The first-order valence-electron chi connectivity index (χ1n) is 14.7. The molecule has 3 aliphatic heterocycles. The molecule has 8 atom stereocenters. The van der Waals surface area contributed by atoms with Crippen molar-refractivity contribution in [3.8, 4) is 11.5 Å². The maximum absolute atomic E-state index is 14.8. The second-order valence-corrected chi connectivity index (χ2v) is 12.1. The molecule has 4 N–H and O–H groups in total. The van der Waals surface area contributed by atoms with Gasteiger partial charge in [-0.05, 0) is 13.0 Å². The predicted octanol–water partition coefficient (Wildman–Crippen LogP) is 1.20. The quantitative estimate of drug-likeness (QED) is 0.304. The molecule has 0 spiro atoms. The fourth-order valence-electron chi connectivity index (χ4n) is 7.59. The molecule has 0 unspecified atom stereocenters. The number of nitrogens with zero attached hydrogens (tertiary/aromatic N) is 1. The number of methoxy groups -OCH3 is 1. The van der Waals surface area contributed by atoms with Gasteiger partial charge in [-0.25, -0.2) is 4.39 Å². The van der Waals surface area contributed by atoms with Gasteiger partial charge in [0.2, 0.25) is 0 Å². The number of halogens is 1. The number of hydrogen-bond donors (Lipinski definition) is 4. The minimum atomic E-state index is -2.17. The fourth-order valence-corrected chi connectivity index (χ4v) is 7.59. The van der Waals surface area contributed by atoms with E-state index in [2.05, 4.69) is 4.90 Å². The Balaban J connectivity index is 1.27. The first-order chi connectivity index (χ1) is 21.1. The molecule has 2 aliphatic carbocycles. The van der Waals surface area contributed by atoms with Crippen LogP contribution in [-0.4, -0.2) is 106 Å². The largest absolute Gasteiger partial charge is 0.507 e. The van der Waals surface area contributed by atoms with Crippen LogP contribution in [0.4, 0.5) is 4.39 Å². The average Bonchev–Trinajstić information content (AvgIpc) is 3.39. The summed E-state index contributed by atoms with van der Waals surface area (Å²) in [4.78, 5) is 28.4. The molecular formula is C31H34FNO11. The van der Waals surface area contributed by atoms with Gasteiger partial charge in [0.15, 0.2) is 30.4 Å². The highest BCUT2D eigenvalue weighted by Crippen LogP contribution is 2.52. The van der Waals surface area contributed by atoms with Crippen molar-refractivity contribution in [2.45, 2.75) is 81.4 Å². The van der Waals surface area contributed by atoms with Gasteiger partial charge in [0.25, 0.3) is 0 Å². The first kappa shape index (κ1) is 29.7. The topological polar surface area (TPSA) is 164 Å².